The number of methoxy groups -OCH3 is 1. The van der Waals surface area contributed by atoms with E-state index < -0.39 is 0 Å². The second kappa shape index (κ2) is 6.10. The predicted octanol–water partition coefficient (Wildman–Crippen LogP) is 2.89. The highest BCUT2D eigenvalue weighted by atomic mass is 16.5. The number of amides is 1. The van der Waals surface area contributed by atoms with Crippen molar-refractivity contribution in [1.29, 1.82) is 0 Å². The fraction of sp³-hybridized carbons (Fsp3) is 0.188. The standard InChI is InChI=1S/C16H17NO3/c1-11-14(4-3-5-15(11)18)17-16(19)10-12-6-8-13(20-2)9-7-12/h3-9,18H,10H2,1-2H3,(H,17,19). The van der Waals surface area contributed by atoms with Gasteiger partial charge in [-0.3, -0.25) is 4.79 Å². The molecule has 0 radical (unpaired) electrons. The topological polar surface area (TPSA) is 58.6 Å². The summed E-state index contributed by atoms with van der Waals surface area (Å²) < 4.78 is 5.07. The van der Waals surface area contributed by atoms with E-state index in [0.29, 0.717) is 11.3 Å². The van der Waals surface area contributed by atoms with Gasteiger partial charge in [-0.05, 0) is 36.8 Å². The van der Waals surface area contributed by atoms with Crippen LogP contribution in [0.4, 0.5) is 5.69 Å². The van der Waals surface area contributed by atoms with E-state index in [0.717, 1.165) is 11.3 Å². The number of rotatable bonds is 4. The number of nitrogens with one attached hydrogen (secondary N) is 1. The molecule has 4 nitrogen and oxygen atoms in total. The average molecular weight is 271 g/mol. The molecule has 2 aromatic rings. The summed E-state index contributed by atoms with van der Waals surface area (Å²) in [7, 11) is 1.60. The third kappa shape index (κ3) is 3.29. The summed E-state index contributed by atoms with van der Waals surface area (Å²) in [5.41, 5.74) is 2.19. The van der Waals surface area contributed by atoms with Gasteiger partial charge in [-0.1, -0.05) is 18.2 Å². The van der Waals surface area contributed by atoms with Gasteiger partial charge in [0.25, 0.3) is 0 Å². The molecule has 2 N–H and O–H groups in total. The Hall–Kier alpha value is -2.49. The van der Waals surface area contributed by atoms with Gasteiger partial charge in [-0.15, -0.1) is 0 Å². The molecule has 0 aliphatic carbocycles. The first-order valence-corrected chi connectivity index (χ1v) is 6.31. The number of carbonyl (C=O) groups excluding carboxylic acids is 1. The maximum absolute atomic E-state index is 12.0. The second-order valence-electron chi connectivity index (χ2n) is 4.52. The van der Waals surface area contributed by atoms with Crippen LogP contribution in [0.1, 0.15) is 11.1 Å². The summed E-state index contributed by atoms with van der Waals surface area (Å²) in [4.78, 5) is 12.0. The van der Waals surface area contributed by atoms with Gasteiger partial charge >= 0.3 is 0 Å². The fourth-order valence-electron chi connectivity index (χ4n) is 1.88. The van der Waals surface area contributed by atoms with E-state index >= 15 is 0 Å². The van der Waals surface area contributed by atoms with Crippen LogP contribution in [0.15, 0.2) is 42.5 Å². The largest absolute Gasteiger partial charge is 0.508 e. The highest BCUT2D eigenvalue weighted by Crippen LogP contribution is 2.24. The average Bonchev–Trinajstić information content (AvgIpc) is 2.45. The predicted molar refractivity (Wildman–Crippen MR) is 78.2 cm³/mol. The van der Waals surface area contributed by atoms with E-state index in [2.05, 4.69) is 5.32 Å². The van der Waals surface area contributed by atoms with Crippen molar-refractivity contribution in [2.24, 2.45) is 0 Å². The van der Waals surface area contributed by atoms with Crippen molar-refractivity contribution >= 4 is 11.6 Å². The summed E-state index contributed by atoms with van der Waals surface area (Å²) in [5.74, 6) is 0.814. The van der Waals surface area contributed by atoms with Crippen molar-refractivity contribution < 1.29 is 14.6 Å². The maximum Gasteiger partial charge on any atom is 0.228 e. The number of anilines is 1. The third-order valence-corrected chi connectivity index (χ3v) is 3.10. The lowest BCUT2D eigenvalue weighted by Gasteiger charge is -2.09. The lowest BCUT2D eigenvalue weighted by atomic mass is 10.1. The van der Waals surface area contributed by atoms with E-state index in [4.69, 9.17) is 4.74 Å². The molecule has 0 spiro atoms. The number of hydrogen-bond donors (Lipinski definition) is 2. The Morgan fingerprint density at radius 1 is 1.20 bits per heavy atom. The minimum atomic E-state index is -0.121. The molecule has 0 aliphatic rings. The van der Waals surface area contributed by atoms with Crippen molar-refractivity contribution in [2.45, 2.75) is 13.3 Å². The summed E-state index contributed by atoms with van der Waals surface area (Å²) in [6.45, 7) is 1.76. The van der Waals surface area contributed by atoms with Crippen molar-refractivity contribution in [2.75, 3.05) is 12.4 Å². The minimum Gasteiger partial charge on any atom is -0.508 e. The summed E-state index contributed by atoms with van der Waals surface area (Å²) in [6, 6.07) is 12.4. The number of phenolic OH excluding ortho intramolecular Hbond substituents is 1. The number of benzene rings is 2. The molecule has 0 heterocycles. The lowest BCUT2D eigenvalue weighted by Crippen LogP contribution is -2.15. The van der Waals surface area contributed by atoms with E-state index in [1.54, 1.807) is 32.2 Å². The zero-order valence-corrected chi connectivity index (χ0v) is 11.5. The Labute approximate surface area is 118 Å². The number of ether oxygens (including phenoxy) is 1. The number of hydrogen-bond acceptors (Lipinski definition) is 3. The van der Waals surface area contributed by atoms with Gasteiger partial charge in [-0.25, -0.2) is 0 Å². The molecule has 0 bridgehead atoms. The van der Waals surface area contributed by atoms with Crippen LogP contribution in [0.3, 0.4) is 0 Å². The molecule has 0 saturated carbocycles. The van der Waals surface area contributed by atoms with Crippen molar-refractivity contribution in [3.05, 3.63) is 53.6 Å². The van der Waals surface area contributed by atoms with Crippen LogP contribution in [0.5, 0.6) is 11.5 Å². The van der Waals surface area contributed by atoms with Crippen LogP contribution in [-0.2, 0) is 11.2 Å². The molecule has 20 heavy (non-hydrogen) atoms. The molecule has 0 fully saturated rings. The molecule has 0 aromatic heterocycles. The molecule has 2 aromatic carbocycles. The normalized spacial score (nSPS) is 10.1. The maximum atomic E-state index is 12.0. The SMILES string of the molecule is COc1ccc(CC(=O)Nc2cccc(O)c2C)cc1. The molecule has 2 rings (SSSR count). The smallest absolute Gasteiger partial charge is 0.228 e. The molecule has 0 saturated heterocycles. The Kier molecular flexibility index (Phi) is 4.25. The molecule has 0 aliphatic heterocycles. The quantitative estimate of drug-likeness (QED) is 0.899. The van der Waals surface area contributed by atoms with Gasteiger partial charge in [0, 0.05) is 11.3 Å². The van der Waals surface area contributed by atoms with Crippen LogP contribution >= 0.6 is 0 Å². The van der Waals surface area contributed by atoms with Gasteiger partial charge in [-0.2, -0.15) is 0 Å². The lowest BCUT2D eigenvalue weighted by molar-refractivity contribution is -0.115. The molecular formula is C16H17NO3. The van der Waals surface area contributed by atoms with Crippen molar-refractivity contribution in [3.8, 4) is 11.5 Å². The minimum absolute atomic E-state index is 0.121. The van der Waals surface area contributed by atoms with Crippen LogP contribution in [0.25, 0.3) is 0 Å². The first-order valence-electron chi connectivity index (χ1n) is 6.31. The van der Waals surface area contributed by atoms with Crippen LogP contribution < -0.4 is 10.1 Å². The molecule has 0 atom stereocenters. The third-order valence-electron chi connectivity index (χ3n) is 3.10. The van der Waals surface area contributed by atoms with Crippen LogP contribution in [0.2, 0.25) is 0 Å². The Morgan fingerprint density at radius 2 is 1.90 bits per heavy atom. The van der Waals surface area contributed by atoms with Gasteiger partial charge in [0.15, 0.2) is 0 Å². The Balaban J connectivity index is 2.03. The van der Waals surface area contributed by atoms with E-state index in [-0.39, 0.29) is 18.1 Å². The summed E-state index contributed by atoms with van der Waals surface area (Å²) >= 11 is 0. The van der Waals surface area contributed by atoms with Crippen LogP contribution in [-0.4, -0.2) is 18.1 Å². The molecule has 0 unspecified atom stereocenters. The zero-order chi connectivity index (χ0) is 14.5. The van der Waals surface area contributed by atoms with Gasteiger partial charge < -0.3 is 15.2 Å². The van der Waals surface area contributed by atoms with Crippen molar-refractivity contribution in [3.63, 3.8) is 0 Å². The highest BCUT2D eigenvalue weighted by Gasteiger charge is 2.08. The zero-order valence-electron chi connectivity index (χ0n) is 11.5. The van der Waals surface area contributed by atoms with Crippen molar-refractivity contribution in [1.82, 2.24) is 0 Å². The first-order chi connectivity index (χ1) is 9.60. The first kappa shape index (κ1) is 13.9. The Bertz CT molecular complexity index is 606. The summed E-state index contributed by atoms with van der Waals surface area (Å²) in [6.07, 6.45) is 0.277. The highest BCUT2D eigenvalue weighted by molar-refractivity contribution is 5.93. The van der Waals surface area contributed by atoms with E-state index in [1.165, 1.54) is 0 Å². The summed E-state index contributed by atoms with van der Waals surface area (Å²) in [5, 5.41) is 12.4. The van der Waals surface area contributed by atoms with Gasteiger partial charge in [0.05, 0.1) is 13.5 Å². The number of aromatic hydroxyl groups is 1. The van der Waals surface area contributed by atoms with E-state index in [1.807, 2.05) is 24.3 Å². The van der Waals surface area contributed by atoms with E-state index in [9.17, 15) is 9.90 Å². The van der Waals surface area contributed by atoms with Gasteiger partial charge in [0.2, 0.25) is 5.91 Å². The number of carbonyl (C=O) groups is 1. The number of phenols is 1. The Morgan fingerprint density at radius 3 is 2.55 bits per heavy atom. The van der Waals surface area contributed by atoms with Gasteiger partial charge in [0.1, 0.15) is 11.5 Å². The fourth-order valence-corrected chi connectivity index (χ4v) is 1.88. The molecule has 4 heteroatoms. The molecule has 1 amide bonds. The molecule has 104 valence electrons. The second-order valence-corrected chi connectivity index (χ2v) is 4.52. The monoisotopic (exact) mass is 271 g/mol. The van der Waals surface area contributed by atoms with Crippen LogP contribution in [0, 0.1) is 6.92 Å². The molecular weight excluding hydrogens is 254 g/mol.